The molecule has 1 amide bonds. The maximum atomic E-state index is 12.2. The first kappa shape index (κ1) is 12.7. The monoisotopic (exact) mass is 280 g/mol. The van der Waals surface area contributed by atoms with Crippen molar-refractivity contribution < 1.29 is 4.79 Å². The van der Waals surface area contributed by atoms with Crippen molar-refractivity contribution in [2.45, 2.75) is 57.0 Å². The molecule has 2 aliphatic carbocycles. The summed E-state index contributed by atoms with van der Waals surface area (Å²) in [6.45, 7) is 0. The highest BCUT2D eigenvalue weighted by Gasteiger charge is 2.25. The second-order valence-corrected chi connectivity index (χ2v) is 6.46. The normalized spacial score (nSPS) is 20.2. The Hall–Kier alpha value is -1.30. The van der Waals surface area contributed by atoms with Gasteiger partial charge in [0.2, 0.25) is 0 Å². The lowest BCUT2D eigenvalue weighted by Crippen LogP contribution is -2.36. The molecule has 0 atom stereocenters. The molecule has 19 heavy (non-hydrogen) atoms. The predicted octanol–water partition coefficient (Wildman–Crippen LogP) is 2.36. The number of thiazole rings is 1. The van der Waals surface area contributed by atoms with Crippen LogP contribution in [0.3, 0.4) is 0 Å². The molecule has 5 nitrogen and oxygen atoms in total. The Kier molecular flexibility index (Phi) is 3.59. The van der Waals surface area contributed by atoms with Gasteiger partial charge in [-0.15, -0.1) is 0 Å². The van der Waals surface area contributed by atoms with Crippen LogP contribution in [0.4, 0.5) is 10.9 Å². The summed E-state index contributed by atoms with van der Waals surface area (Å²) in [5.74, 6) is 0.284. The molecule has 0 aromatic carbocycles. The zero-order chi connectivity index (χ0) is 13.2. The van der Waals surface area contributed by atoms with Gasteiger partial charge in [0, 0.05) is 12.1 Å². The zero-order valence-corrected chi connectivity index (χ0v) is 11.8. The van der Waals surface area contributed by atoms with E-state index >= 15 is 0 Å². The average molecular weight is 280 g/mol. The Labute approximate surface area is 117 Å². The van der Waals surface area contributed by atoms with Crippen molar-refractivity contribution in [1.29, 1.82) is 0 Å². The number of carbonyl (C=O) groups excluding carboxylic acids is 1. The first-order chi connectivity index (χ1) is 9.22. The fourth-order valence-corrected chi connectivity index (χ4v) is 3.32. The minimum Gasteiger partial charge on any atom is -0.382 e. The van der Waals surface area contributed by atoms with Crippen LogP contribution >= 0.6 is 11.3 Å². The lowest BCUT2D eigenvalue weighted by molar-refractivity contribution is 0.0932. The summed E-state index contributed by atoms with van der Waals surface area (Å²) in [6, 6.07) is 0.836. The van der Waals surface area contributed by atoms with Crippen LogP contribution in [0.15, 0.2) is 0 Å². The van der Waals surface area contributed by atoms with Crippen molar-refractivity contribution >= 4 is 28.2 Å². The quantitative estimate of drug-likeness (QED) is 0.791. The molecule has 0 saturated heterocycles. The number of nitrogens with one attached hydrogen (secondary N) is 2. The Morgan fingerprint density at radius 2 is 1.89 bits per heavy atom. The smallest absolute Gasteiger partial charge is 0.265 e. The third-order valence-corrected chi connectivity index (χ3v) is 4.71. The van der Waals surface area contributed by atoms with Crippen molar-refractivity contribution in [2.24, 2.45) is 0 Å². The second-order valence-electron chi connectivity index (χ2n) is 5.46. The van der Waals surface area contributed by atoms with E-state index in [9.17, 15) is 4.79 Å². The molecular weight excluding hydrogens is 260 g/mol. The van der Waals surface area contributed by atoms with Gasteiger partial charge in [-0.1, -0.05) is 30.6 Å². The molecule has 2 aliphatic rings. The van der Waals surface area contributed by atoms with Gasteiger partial charge in [-0.05, 0) is 25.7 Å². The molecule has 0 spiro atoms. The summed E-state index contributed by atoms with van der Waals surface area (Å²) in [7, 11) is 0. The van der Waals surface area contributed by atoms with Gasteiger partial charge >= 0.3 is 0 Å². The molecule has 0 bridgehead atoms. The summed E-state index contributed by atoms with van der Waals surface area (Å²) < 4.78 is 0. The Bertz CT molecular complexity index is 463. The molecule has 0 unspecified atom stereocenters. The van der Waals surface area contributed by atoms with Crippen LogP contribution in [0.1, 0.15) is 54.6 Å². The molecule has 0 radical (unpaired) electrons. The topological polar surface area (TPSA) is 80.0 Å². The number of hydrogen-bond acceptors (Lipinski definition) is 5. The highest BCUT2D eigenvalue weighted by atomic mass is 32.1. The summed E-state index contributed by atoms with van der Waals surface area (Å²) in [6.07, 6.45) is 8.22. The Morgan fingerprint density at radius 3 is 2.58 bits per heavy atom. The fourth-order valence-electron chi connectivity index (χ4n) is 2.46. The van der Waals surface area contributed by atoms with Gasteiger partial charge < -0.3 is 16.4 Å². The van der Waals surface area contributed by atoms with Crippen LogP contribution in [0.2, 0.25) is 0 Å². The van der Waals surface area contributed by atoms with Crippen LogP contribution in [0.25, 0.3) is 0 Å². The number of rotatable bonds is 4. The lowest BCUT2D eigenvalue weighted by atomic mass is 9.95. The predicted molar refractivity (Wildman–Crippen MR) is 77.5 cm³/mol. The maximum Gasteiger partial charge on any atom is 0.265 e. The van der Waals surface area contributed by atoms with Crippen LogP contribution in [-0.4, -0.2) is 23.0 Å². The van der Waals surface area contributed by atoms with Gasteiger partial charge in [0.25, 0.3) is 5.91 Å². The molecular formula is C13H20N4OS. The maximum absolute atomic E-state index is 12.2. The van der Waals surface area contributed by atoms with E-state index in [1.165, 1.54) is 43.4 Å². The van der Waals surface area contributed by atoms with Gasteiger partial charge in [-0.2, -0.15) is 0 Å². The molecule has 3 rings (SSSR count). The van der Waals surface area contributed by atoms with Crippen LogP contribution in [0, 0.1) is 0 Å². The lowest BCUT2D eigenvalue weighted by Gasteiger charge is -2.22. The van der Waals surface area contributed by atoms with Crippen molar-refractivity contribution in [3.8, 4) is 0 Å². The SMILES string of the molecule is Nc1nc(NC2CC2)sc1C(=O)NC1CCCCC1. The largest absolute Gasteiger partial charge is 0.382 e. The third-order valence-electron chi connectivity index (χ3n) is 3.70. The molecule has 104 valence electrons. The molecule has 4 N–H and O–H groups in total. The standard InChI is InChI=1S/C13H20N4OS/c14-11-10(19-13(17-11)16-9-6-7-9)12(18)15-8-4-2-1-3-5-8/h8-9H,1-7,14H2,(H,15,18)(H,16,17). The highest BCUT2D eigenvalue weighted by Crippen LogP contribution is 2.30. The van der Waals surface area contributed by atoms with Crippen LogP contribution in [-0.2, 0) is 0 Å². The number of nitrogens with zero attached hydrogens (tertiary/aromatic N) is 1. The summed E-state index contributed by atoms with van der Waals surface area (Å²) in [5, 5.41) is 7.14. The second kappa shape index (κ2) is 5.36. The molecule has 6 heteroatoms. The van der Waals surface area contributed by atoms with E-state index in [4.69, 9.17) is 5.73 Å². The first-order valence-corrected chi connectivity index (χ1v) is 7.88. The summed E-state index contributed by atoms with van der Waals surface area (Å²) >= 11 is 1.37. The van der Waals surface area contributed by atoms with Gasteiger partial charge in [0.1, 0.15) is 10.7 Å². The van der Waals surface area contributed by atoms with E-state index in [1.807, 2.05) is 0 Å². The van der Waals surface area contributed by atoms with E-state index in [-0.39, 0.29) is 5.91 Å². The Morgan fingerprint density at radius 1 is 1.16 bits per heavy atom. The minimum absolute atomic E-state index is 0.0641. The number of amides is 1. The van der Waals surface area contributed by atoms with Crippen molar-refractivity contribution in [2.75, 3.05) is 11.1 Å². The summed E-state index contributed by atoms with van der Waals surface area (Å²) in [4.78, 5) is 17.0. The zero-order valence-electron chi connectivity index (χ0n) is 10.9. The van der Waals surface area contributed by atoms with Gasteiger partial charge in [-0.25, -0.2) is 4.98 Å². The molecule has 2 fully saturated rings. The van der Waals surface area contributed by atoms with Crippen molar-refractivity contribution in [1.82, 2.24) is 10.3 Å². The van der Waals surface area contributed by atoms with Gasteiger partial charge in [0.05, 0.1) is 0 Å². The highest BCUT2D eigenvalue weighted by molar-refractivity contribution is 7.18. The molecule has 0 aliphatic heterocycles. The molecule has 1 aromatic rings. The average Bonchev–Trinajstić information content (AvgIpc) is 3.13. The number of anilines is 2. The van der Waals surface area contributed by atoms with Gasteiger partial charge in [-0.3, -0.25) is 4.79 Å². The van der Waals surface area contributed by atoms with E-state index in [0.29, 0.717) is 22.8 Å². The molecule has 2 saturated carbocycles. The summed E-state index contributed by atoms with van der Waals surface area (Å²) in [5.41, 5.74) is 5.84. The number of carbonyl (C=O) groups is 1. The fraction of sp³-hybridized carbons (Fsp3) is 0.692. The number of aromatic nitrogens is 1. The number of hydrogen-bond donors (Lipinski definition) is 3. The van der Waals surface area contributed by atoms with E-state index in [0.717, 1.165) is 18.0 Å². The Balaban J connectivity index is 1.62. The van der Waals surface area contributed by atoms with Crippen LogP contribution in [0.5, 0.6) is 0 Å². The minimum atomic E-state index is -0.0641. The first-order valence-electron chi connectivity index (χ1n) is 7.06. The molecule has 1 heterocycles. The van der Waals surface area contributed by atoms with E-state index in [2.05, 4.69) is 15.6 Å². The molecule has 1 aromatic heterocycles. The van der Waals surface area contributed by atoms with Crippen molar-refractivity contribution in [3.05, 3.63) is 4.88 Å². The van der Waals surface area contributed by atoms with E-state index < -0.39 is 0 Å². The third kappa shape index (κ3) is 3.18. The number of nitrogens with two attached hydrogens (primary N) is 1. The number of nitrogen functional groups attached to an aromatic ring is 1. The van der Waals surface area contributed by atoms with Crippen molar-refractivity contribution in [3.63, 3.8) is 0 Å². The van der Waals surface area contributed by atoms with E-state index in [1.54, 1.807) is 0 Å². The van der Waals surface area contributed by atoms with Crippen LogP contribution < -0.4 is 16.4 Å². The van der Waals surface area contributed by atoms with Gasteiger partial charge in [0.15, 0.2) is 5.13 Å².